The zero-order valence-corrected chi connectivity index (χ0v) is 18.3. The van der Waals surface area contributed by atoms with Gasteiger partial charge < -0.3 is 9.67 Å². The molecule has 1 N–H and O–H groups in total. The van der Waals surface area contributed by atoms with Crippen molar-refractivity contribution < 1.29 is 28.0 Å². The van der Waals surface area contributed by atoms with E-state index in [1.165, 1.54) is 31.2 Å². The minimum Gasteiger partial charge on any atom is -0.380 e. The average molecular weight is 481 g/mol. The molecule has 0 aliphatic carbocycles. The molecule has 0 radical (unpaired) electrons. The van der Waals surface area contributed by atoms with Crippen LogP contribution in [-0.4, -0.2) is 26.0 Å². The Bertz CT molecular complexity index is 1530. The SMILES string of the molecule is [C-]#[N+]c1ccc(CC(=O)[C@@](C)(O)Cn2c3ccccc3c3cc([N+](=O)[O-])ccc32)cc1C(F)(F)F. The number of nitro benzene ring substituents is 1. The lowest BCUT2D eigenvalue weighted by atomic mass is 9.93. The molecule has 0 amide bonds. The number of nitro groups is 1. The number of carbonyl (C=O) groups excluding carboxylic acids is 1. The molecule has 0 unspecified atom stereocenters. The third-order valence-electron chi connectivity index (χ3n) is 5.88. The Balaban J connectivity index is 1.70. The molecule has 0 aliphatic heterocycles. The second kappa shape index (κ2) is 8.52. The molecule has 0 fully saturated rings. The Morgan fingerprint density at radius 2 is 1.77 bits per heavy atom. The van der Waals surface area contributed by atoms with Gasteiger partial charge in [0.05, 0.1) is 23.6 Å². The number of ketones is 1. The molecule has 4 rings (SSSR count). The summed E-state index contributed by atoms with van der Waals surface area (Å²) in [5.41, 5.74) is -2.56. The highest BCUT2D eigenvalue weighted by molar-refractivity contribution is 6.09. The summed E-state index contributed by atoms with van der Waals surface area (Å²) in [4.78, 5) is 26.6. The van der Waals surface area contributed by atoms with Gasteiger partial charge in [0, 0.05) is 40.4 Å². The summed E-state index contributed by atoms with van der Waals surface area (Å²) in [6.45, 7) is 7.99. The van der Waals surface area contributed by atoms with E-state index in [4.69, 9.17) is 6.57 Å². The fourth-order valence-corrected chi connectivity index (χ4v) is 4.12. The fraction of sp³-hybridized carbons (Fsp3) is 0.200. The third kappa shape index (κ3) is 4.46. The minimum atomic E-state index is -4.76. The number of Topliss-reactive ketones (excluding diaryl/α,β-unsaturated/α-hetero) is 1. The topological polar surface area (TPSA) is 89.7 Å². The molecule has 10 heteroatoms. The van der Waals surface area contributed by atoms with Gasteiger partial charge in [-0.2, -0.15) is 13.2 Å². The summed E-state index contributed by atoms with van der Waals surface area (Å²) >= 11 is 0. The molecule has 0 saturated heterocycles. The monoisotopic (exact) mass is 481 g/mol. The van der Waals surface area contributed by atoms with Gasteiger partial charge in [0.1, 0.15) is 5.60 Å². The normalized spacial score (nSPS) is 13.5. The molecule has 7 nitrogen and oxygen atoms in total. The lowest BCUT2D eigenvalue weighted by molar-refractivity contribution is -0.384. The van der Waals surface area contributed by atoms with Crippen LogP contribution in [0.2, 0.25) is 0 Å². The van der Waals surface area contributed by atoms with Gasteiger partial charge in [-0.25, -0.2) is 4.85 Å². The van der Waals surface area contributed by atoms with Crippen LogP contribution >= 0.6 is 0 Å². The van der Waals surface area contributed by atoms with Gasteiger partial charge in [0.25, 0.3) is 5.69 Å². The first-order chi connectivity index (χ1) is 16.4. The number of nitrogens with zero attached hydrogens (tertiary/aromatic N) is 3. The van der Waals surface area contributed by atoms with Crippen molar-refractivity contribution in [2.75, 3.05) is 0 Å². The first-order valence-corrected chi connectivity index (χ1v) is 10.4. The second-order valence-electron chi connectivity index (χ2n) is 8.40. The van der Waals surface area contributed by atoms with E-state index in [9.17, 15) is 33.2 Å². The second-order valence-corrected chi connectivity index (χ2v) is 8.40. The number of aliphatic hydroxyl groups is 1. The van der Waals surface area contributed by atoms with Crippen LogP contribution in [0.15, 0.2) is 60.7 Å². The predicted octanol–water partition coefficient (Wildman–Crippen LogP) is 5.84. The zero-order valence-electron chi connectivity index (χ0n) is 18.3. The van der Waals surface area contributed by atoms with Crippen molar-refractivity contribution in [1.82, 2.24) is 4.57 Å². The van der Waals surface area contributed by atoms with Gasteiger partial charge in [-0.05, 0) is 24.6 Å². The number of benzene rings is 3. The highest BCUT2D eigenvalue weighted by atomic mass is 19.4. The summed E-state index contributed by atoms with van der Waals surface area (Å²) in [5.74, 6) is -0.714. The molecule has 3 aromatic carbocycles. The number of rotatable bonds is 6. The Morgan fingerprint density at radius 1 is 1.09 bits per heavy atom. The summed E-state index contributed by atoms with van der Waals surface area (Å²) in [5, 5.41) is 23.6. The Morgan fingerprint density at radius 3 is 2.43 bits per heavy atom. The lowest BCUT2D eigenvalue weighted by Gasteiger charge is -2.24. The molecule has 4 aromatic rings. The molecule has 1 heterocycles. The molecule has 0 spiro atoms. The van der Waals surface area contributed by atoms with Crippen LogP contribution in [0.1, 0.15) is 18.1 Å². The van der Waals surface area contributed by atoms with E-state index in [1.807, 2.05) is 0 Å². The van der Waals surface area contributed by atoms with Crippen molar-refractivity contribution in [3.05, 3.63) is 93.3 Å². The Hall–Kier alpha value is -4.23. The highest BCUT2D eigenvalue weighted by Gasteiger charge is 2.35. The van der Waals surface area contributed by atoms with Crippen LogP contribution in [0.3, 0.4) is 0 Å². The minimum absolute atomic E-state index is 0.0212. The number of hydrogen-bond donors (Lipinski definition) is 1. The van der Waals surface area contributed by atoms with Crippen LogP contribution in [0.4, 0.5) is 24.5 Å². The molecule has 0 bridgehead atoms. The molecular weight excluding hydrogens is 463 g/mol. The first kappa shape index (κ1) is 23.9. The highest BCUT2D eigenvalue weighted by Crippen LogP contribution is 2.37. The first-order valence-electron chi connectivity index (χ1n) is 10.4. The van der Waals surface area contributed by atoms with Crippen molar-refractivity contribution in [3.8, 4) is 0 Å². The quantitative estimate of drug-likeness (QED) is 0.213. The maximum Gasteiger partial charge on any atom is 0.407 e. The van der Waals surface area contributed by atoms with E-state index in [0.717, 1.165) is 12.1 Å². The van der Waals surface area contributed by atoms with Crippen LogP contribution in [-0.2, 0) is 23.9 Å². The number of carbonyl (C=O) groups is 1. The van der Waals surface area contributed by atoms with Crippen molar-refractivity contribution in [3.63, 3.8) is 0 Å². The number of fused-ring (bicyclic) bond motifs is 3. The summed E-state index contributed by atoms with van der Waals surface area (Å²) in [6, 6.07) is 14.3. The number of halogens is 3. The molecule has 0 saturated carbocycles. The van der Waals surface area contributed by atoms with Crippen LogP contribution < -0.4 is 0 Å². The van der Waals surface area contributed by atoms with E-state index in [0.29, 0.717) is 21.8 Å². The summed E-state index contributed by atoms with van der Waals surface area (Å²) in [7, 11) is 0. The summed E-state index contributed by atoms with van der Waals surface area (Å²) < 4.78 is 41.5. The van der Waals surface area contributed by atoms with Gasteiger partial charge in [0.2, 0.25) is 0 Å². The lowest BCUT2D eigenvalue weighted by Crippen LogP contribution is -2.40. The van der Waals surface area contributed by atoms with E-state index >= 15 is 0 Å². The smallest absolute Gasteiger partial charge is 0.380 e. The maximum absolute atomic E-state index is 13.3. The van der Waals surface area contributed by atoms with Gasteiger partial charge >= 0.3 is 6.18 Å². The molecule has 35 heavy (non-hydrogen) atoms. The average Bonchev–Trinajstić information content (AvgIpc) is 3.11. The van der Waals surface area contributed by atoms with E-state index in [2.05, 4.69) is 4.85 Å². The van der Waals surface area contributed by atoms with Gasteiger partial charge in [-0.3, -0.25) is 14.9 Å². The van der Waals surface area contributed by atoms with Crippen molar-refractivity contribution in [1.29, 1.82) is 0 Å². The zero-order chi connectivity index (χ0) is 25.5. The molecule has 0 aliphatic rings. The molecule has 178 valence electrons. The van der Waals surface area contributed by atoms with Crippen LogP contribution in [0, 0.1) is 16.7 Å². The van der Waals surface area contributed by atoms with E-state index < -0.39 is 40.2 Å². The van der Waals surface area contributed by atoms with Gasteiger partial charge in [0.15, 0.2) is 11.5 Å². The Labute approximate surface area is 197 Å². The molecule has 1 aromatic heterocycles. The predicted molar refractivity (Wildman–Crippen MR) is 123 cm³/mol. The Kier molecular flexibility index (Phi) is 5.82. The van der Waals surface area contributed by atoms with Gasteiger partial charge in [-0.15, -0.1) is 0 Å². The van der Waals surface area contributed by atoms with E-state index in [1.54, 1.807) is 28.8 Å². The fourth-order valence-electron chi connectivity index (χ4n) is 4.12. The largest absolute Gasteiger partial charge is 0.407 e. The number of aromatic nitrogens is 1. The number of hydrogen-bond acceptors (Lipinski definition) is 4. The number of alkyl halides is 3. The standard InChI is InChI=1S/C25H18F3N3O4/c1-24(33,23(32)12-15-7-9-20(29-2)19(11-15)25(26,27)28)14-30-21-6-4-3-5-17(21)18-13-16(31(34)35)8-10-22(18)30/h3-11,13,33H,12,14H2,1H3/t24-/m0/s1. The maximum atomic E-state index is 13.3. The van der Waals surface area contributed by atoms with E-state index in [-0.39, 0.29) is 17.8 Å². The van der Waals surface area contributed by atoms with Gasteiger partial charge in [-0.1, -0.05) is 36.4 Å². The number of non-ortho nitro benzene ring substituents is 1. The number of para-hydroxylation sites is 1. The van der Waals surface area contributed by atoms with Crippen LogP contribution in [0.5, 0.6) is 0 Å². The van der Waals surface area contributed by atoms with Crippen molar-refractivity contribution in [2.24, 2.45) is 0 Å². The van der Waals surface area contributed by atoms with Crippen molar-refractivity contribution >= 4 is 39.0 Å². The summed E-state index contributed by atoms with van der Waals surface area (Å²) in [6.07, 6.45) is -5.23. The molecular formula is C25H18F3N3O4. The molecule has 1 atom stereocenters. The van der Waals surface area contributed by atoms with Crippen LogP contribution in [0.25, 0.3) is 26.7 Å². The third-order valence-corrected chi connectivity index (χ3v) is 5.88. The van der Waals surface area contributed by atoms with Crippen molar-refractivity contribution in [2.45, 2.75) is 31.7 Å².